The van der Waals surface area contributed by atoms with E-state index in [2.05, 4.69) is 36.7 Å². The molecular formula is C16H23N7. The number of piperazine rings is 1. The lowest BCUT2D eigenvalue weighted by Gasteiger charge is -2.48. The highest BCUT2D eigenvalue weighted by molar-refractivity contribution is 5.43. The van der Waals surface area contributed by atoms with Crippen molar-refractivity contribution in [1.82, 2.24) is 29.5 Å². The van der Waals surface area contributed by atoms with E-state index < -0.39 is 0 Å². The molecule has 122 valence electrons. The van der Waals surface area contributed by atoms with Gasteiger partial charge in [-0.2, -0.15) is 5.10 Å². The normalized spacial score (nSPS) is 20.7. The average Bonchev–Trinajstić information content (AvgIpc) is 3.09. The third-order valence-electron chi connectivity index (χ3n) is 4.91. The molecule has 0 aliphatic carbocycles. The Hall–Kier alpha value is -1.99. The van der Waals surface area contributed by atoms with E-state index in [0.717, 1.165) is 24.7 Å². The highest BCUT2D eigenvalue weighted by atomic mass is 15.4. The van der Waals surface area contributed by atoms with Gasteiger partial charge in [0.1, 0.15) is 5.82 Å². The van der Waals surface area contributed by atoms with Crippen molar-refractivity contribution < 1.29 is 0 Å². The Balaban J connectivity index is 1.36. The molecule has 0 bridgehead atoms. The summed E-state index contributed by atoms with van der Waals surface area (Å²) in [6.45, 7) is 10.3. The average molecular weight is 313 g/mol. The second-order valence-electron chi connectivity index (χ2n) is 6.22. The number of hydrogen-bond donors (Lipinski definition) is 0. The predicted octanol–water partition coefficient (Wildman–Crippen LogP) is 0.488. The summed E-state index contributed by atoms with van der Waals surface area (Å²) in [6.07, 6.45) is 7.24. The van der Waals surface area contributed by atoms with Crippen LogP contribution in [0.2, 0.25) is 0 Å². The molecule has 2 fully saturated rings. The molecule has 0 saturated carbocycles. The molecule has 0 unspecified atom stereocenters. The van der Waals surface area contributed by atoms with Crippen molar-refractivity contribution in [2.75, 3.05) is 50.7 Å². The van der Waals surface area contributed by atoms with Gasteiger partial charge in [-0.3, -0.25) is 9.88 Å². The Morgan fingerprint density at radius 1 is 1.09 bits per heavy atom. The Bertz CT molecular complexity index is 628. The molecule has 4 rings (SSSR count). The van der Waals surface area contributed by atoms with Crippen LogP contribution in [0.25, 0.3) is 5.82 Å². The van der Waals surface area contributed by atoms with Crippen LogP contribution >= 0.6 is 0 Å². The van der Waals surface area contributed by atoms with Gasteiger partial charge < -0.3 is 9.80 Å². The molecule has 4 heterocycles. The molecule has 0 amide bonds. The second kappa shape index (κ2) is 6.25. The van der Waals surface area contributed by atoms with Crippen LogP contribution < -0.4 is 4.90 Å². The van der Waals surface area contributed by atoms with Crippen LogP contribution in [0.3, 0.4) is 0 Å². The largest absolute Gasteiger partial charge is 0.352 e. The first-order valence-electron chi connectivity index (χ1n) is 8.37. The van der Waals surface area contributed by atoms with Crippen LogP contribution in [0.4, 0.5) is 5.82 Å². The molecule has 2 aromatic heterocycles. The standard InChI is InChI=1S/C16H23N7/c1-2-20-6-8-21(9-7-20)14-12-22(13-14)15-10-17-11-16(19-15)23-5-3-4-18-23/h3-5,10-11,14H,2,6-9,12-13H2,1H3. The molecule has 0 N–H and O–H groups in total. The van der Waals surface area contributed by atoms with E-state index in [1.54, 1.807) is 17.1 Å². The molecule has 2 saturated heterocycles. The molecule has 2 aliphatic heterocycles. The van der Waals surface area contributed by atoms with Gasteiger partial charge in [0.25, 0.3) is 0 Å². The van der Waals surface area contributed by atoms with Crippen molar-refractivity contribution in [2.24, 2.45) is 0 Å². The summed E-state index contributed by atoms with van der Waals surface area (Å²) in [6, 6.07) is 2.55. The molecule has 0 spiro atoms. The fourth-order valence-corrected chi connectivity index (χ4v) is 3.33. The summed E-state index contributed by atoms with van der Waals surface area (Å²) in [7, 11) is 0. The molecule has 7 nitrogen and oxygen atoms in total. The minimum atomic E-state index is 0.657. The second-order valence-corrected chi connectivity index (χ2v) is 6.22. The SMILES string of the molecule is CCN1CCN(C2CN(c3cncc(-n4cccn4)n3)C2)CC1. The van der Waals surface area contributed by atoms with Crippen molar-refractivity contribution in [2.45, 2.75) is 13.0 Å². The molecular weight excluding hydrogens is 290 g/mol. The Morgan fingerprint density at radius 3 is 2.57 bits per heavy atom. The van der Waals surface area contributed by atoms with Gasteiger partial charge in [0.15, 0.2) is 5.82 Å². The number of nitrogens with zero attached hydrogens (tertiary/aromatic N) is 7. The van der Waals surface area contributed by atoms with E-state index in [4.69, 9.17) is 0 Å². The fraction of sp³-hybridized carbons (Fsp3) is 0.562. The minimum absolute atomic E-state index is 0.657. The molecule has 2 aromatic rings. The third kappa shape index (κ3) is 2.94. The molecule has 0 aromatic carbocycles. The zero-order chi connectivity index (χ0) is 15.6. The first-order valence-corrected chi connectivity index (χ1v) is 8.37. The first-order chi connectivity index (χ1) is 11.3. The van der Waals surface area contributed by atoms with Crippen molar-refractivity contribution in [1.29, 1.82) is 0 Å². The molecule has 7 heteroatoms. The van der Waals surface area contributed by atoms with Gasteiger partial charge in [-0.05, 0) is 12.6 Å². The van der Waals surface area contributed by atoms with E-state index >= 15 is 0 Å². The molecule has 0 radical (unpaired) electrons. The van der Waals surface area contributed by atoms with Gasteiger partial charge in [-0.15, -0.1) is 0 Å². The smallest absolute Gasteiger partial charge is 0.173 e. The maximum absolute atomic E-state index is 4.68. The molecule has 0 atom stereocenters. The summed E-state index contributed by atoms with van der Waals surface area (Å²) < 4.78 is 1.75. The summed E-state index contributed by atoms with van der Waals surface area (Å²) in [5.74, 6) is 1.72. The van der Waals surface area contributed by atoms with E-state index in [1.807, 2.05) is 18.5 Å². The van der Waals surface area contributed by atoms with Crippen LogP contribution in [-0.4, -0.2) is 81.4 Å². The summed E-state index contributed by atoms with van der Waals surface area (Å²) in [5.41, 5.74) is 0. The van der Waals surface area contributed by atoms with Gasteiger partial charge in [0.2, 0.25) is 0 Å². The monoisotopic (exact) mass is 313 g/mol. The lowest BCUT2D eigenvalue weighted by Crippen LogP contribution is -2.63. The topological polar surface area (TPSA) is 53.3 Å². The van der Waals surface area contributed by atoms with Crippen LogP contribution in [0, 0.1) is 0 Å². The van der Waals surface area contributed by atoms with Crippen LogP contribution in [0.5, 0.6) is 0 Å². The predicted molar refractivity (Wildman–Crippen MR) is 88.8 cm³/mol. The van der Waals surface area contributed by atoms with Crippen LogP contribution in [0.1, 0.15) is 6.92 Å². The first kappa shape index (κ1) is 14.6. The van der Waals surface area contributed by atoms with Gasteiger partial charge in [0, 0.05) is 57.7 Å². The fourth-order valence-electron chi connectivity index (χ4n) is 3.33. The summed E-state index contributed by atoms with van der Waals surface area (Å²) >= 11 is 0. The third-order valence-corrected chi connectivity index (χ3v) is 4.91. The number of anilines is 1. The van der Waals surface area contributed by atoms with Crippen LogP contribution in [0.15, 0.2) is 30.9 Å². The van der Waals surface area contributed by atoms with Gasteiger partial charge in [-0.1, -0.05) is 6.92 Å². The van der Waals surface area contributed by atoms with E-state index in [0.29, 0.717) is 6.04 Å². The number of aromatic nitrogens is 4. The van der Waals surface area contributed by atoms with E-state index in [1.165, 1.54) is 32.7 Å². The summed E-state index contributed by atoms with van der Waals surface area (Å²) in [4.78, 5) is 16.4. The Morgan fingerprint density at radius 2 is 1.87 bits per heavy atom. The Kier molecular flexibility index (Phi) is 3.97. The van der Waals surface area contributed by atoms with Crippen LogP contribution in [-0.2, 0) is 0 Å². The quantitative estimate of drug-likeness (QED) is 0.819. The van der Waals surface area contributed by atoms with Crippen molar-refractivity contribution in [3.8, 4) is 5.82 Å². The lowest BCUT2D eigenvalue weighted by molar-refractivity contribution is 0.0859. The van der Waals surface area contributed by atoms with Crippen molar-refractivity contribution in [3.63, 3.8) is 0 Å². The zero-order valence-corrected chi connectivity index (χ0v) is 13.5. The number of rotatable bonds is 4. The van der Waals surface area contributed by atoms with Gasteiger partial charge in [0.05, 0.1) is 12.4 Å². The van der Waals surface area contributed by atoms with E-state index in [9.17, 15) is 0 Å². The maximum atomic E-state index is 4.68. The number of likely N-dealkylation sites (N-methyl/N-ethyl adjacent to an activating group) is 1. The summed E-state index contributed by atoms with van der Waals surface area (Å²) in [5, 5.41) is 4.22. The Labute approximate surface area is 136 Å². The van der Waals surface area contributed by atoms with Crippen molar-refractivity contribution in [3.05, 3.63) is 30.9 Å². The highest BCUT2D eigenvalue weighted by Crippen LogP contribution is 2.22. The maximum Gasteiger partial charge on any atom is 0.173 e. The molecule has 23 heavy (non-hydrogen) atoms. The van der Waals surface area contributed by atoms with Gasteiger partial charge >= 0.3 is 0 Å². The minimum Gasteiger partial charge on any atom is -0.352 e. The molecule has 2 aliphatic rings. The number of hydrogen-bond acceptors (Lipinski definition) is 6. The lowest BCUT2D eigenvalue weighted by atomic mass is 10.1. The van der Waals surface area contributed by atoms with E-state index in [-0.39, 0.29) is 0 Å². The zero-order valence-electron chi connectivity index (χ0n) is 13.5. The van der Waals surface area contributed by atoms with Gasteiger partial charge in [-0.25, -0.2) is 9.67 Å². The van der Waals surface area contributed by atoms with Crippen molar-refractivity contribution >= 4 is 5.82 Å². The highest BCUT2D eigenvalue weighted by Gasteiger charge is 2.34.